The van der Waals surface area contributed by atoms with Crippen LogP contribution in [-0.2, 0) is 4.74 Å². The fraction of sp³-hybridized carbons (Fsp3) is 0.923. The lowest BCUT2D eigenvalue weighted by Gasteiger charge is -2.51. The molecule has 0 aromatic heterocycles. The Bertz CT molecular complexity index is 221. The van der Waals surface area contributed by atoms with Gasteiger partial charge in [-0.3, -0.25) is 0 Å². The molecular formula is C13H23O. The first-order chi connectivity index (χ1) is 6.48. The molecule has 1 aliphatic carbocycles. The van der Waals surface area contributed by atoms with E-state index in [2.05, 4.69) is 34.1 Å². The van der Waals surface area contributed by atoms with Gasteiger partial charge in [0.1, 0.15) is 0 Å². The van der Waals surface area contributed by atoms with Crippen molar-refractivity contribution in [3.8, 4) is 0 Å². The van der Waals surface area contributed by atoms with Crippen molar-refractivity contribution in [2.24, 2.45) is 11.3 Å². The van der Waals surface area contributed by atoms with E-state index in [1.54, 1.807) is 0 Å². The van der Waals surface area contributed by atoms with Crippen LogP contribution in [0.15, 0.2) is 0 Å². The first kappa shape index (κ1) is 10.5. The Hall–Kier alpha value is -0.0400. The van der Waals surface area contributed by atoms with E-state index in [1.165, 1.54) is 25.7 Å². The lowest BCUT2D eigenvalue weighted by atomic mass is 9.60. The van der Waals surface area contributed by atoms with E-state index in [0.29, 0.717) is 17.4 Å². The fourth-order valence-electron chi connectivity index (χ4n) is 3.44. The lowest BCUT2D eigenvalue weighted by Crippen LogP contribution is -2.52. The van der Waals surface area contributed by atoms with E-state index in [4.69, 9.17) is 4.74 Å². The summed E-state index contributed by atoms with van der Waals surface area (Å²) in [5.74, 6) is 0.621. The molecule has 0 amide bonds. The molecule has 0 aromatic rings. The van der Waals surface area contributed by atoms with Crippen molar-refractivity contribution < 1.29 is 4.74 Å². The number of ether oxygens (including phenoxy) is 1. The van der Waals surface area contributed by atoms with Crippen LogP contribution in [-0.4, -0.2) is 11.7 Å². The molecule has 1 spiro atoms. The highest BCUT2D eigenvalue weighted by molar-refractivity contribution is 5.09. The van der Waals surface area contributed by atoms with Crippen LogP contribution < -0.4 is 0 Å². The highest BCUT2D eigenvalue weighted by atomic mass is 16.5. The molecule has 3 atom stereocenters. The number of hydrogen-bond donors (Lipinski definition) is 0. The predicted molar refractivity (Wildman–Crippen MR) is 59.0 cm³/mol. The minimum atomic E-state index is 0.144. The Morgan fingerprint density at radius 3 is 2.43 bits per heavy atom. The van der Waals surface area contributed by atoms with Crippen molar-refractivity contribution in [3.05, 3.63) is 6.42 Å². The summed E-state index contributed by atoms with van der Waals surface area (Å²) in [6, 6.07) is 0. The summed E-state index contributed by atoms with van der Waals surface area (Å²) in [5, 5.41) is 0. The monoisotopic (exact) mass is 195 g/mol. The standard InChI is InChI=1S/C13H23O/c1-10-6-5-8-12(3,4)13(10)9-7-11(2)14-13/h6,10-11H,5,7-9H2,1-4H3. The zero-order chi connectivity index (χ0) is 10.4. The average Bonchev–Trinajstić information content (AvgIpc) is 2.46. The molecule has 1 saturated carbocycles. The van der Waals surface area contributed by atoms with Gasteiger partial charge in [0.25, 0.3) is 0 Å². The molecule has 2 aliphatic rings. The Balaban J connectivity index is 2.27. The highest BCUT2D eigenvalue weighted by Gasteiger charge is 2.54. The number of rotatable bonds is 0. The Morgan fingerprint density at radius 1 is 1.21 bits per heavy atom. The molecule has 1 aliphatic heterocycles. The Morgan fingerprint density at radius 2 is 1.93 bits per heavy atom. The van der Waals surface area contributed by atoms with Crippen molar-refractivity contribution in [1.82, 2.24) is 0 Å². The smallest absolute Gasteiger partial charge is 0.0765 e. The van der Waals surface area contributed by atoms with Crippen molar-refractivity contribution >= 4 is 0 Å². The summed E-state index contributed by atoms with van der Waals surface area (Å²) in [4.78, 5) is 0. The molecule has 2 fully saturated rings. The van der Waals surface area contributed by atoms with Gasteiger partial charge >= 0.3 is 0 Å². The molecule has 2 rings (SSSR count). The quantitative estimate of drug-likeness (QED) is 0.574. The first-order valence-corrected chi connectivity index (χ1v) is 5.99. The maximum Gasteiger partial charge on any atom is 0.0765 e. The van der Waals surface area contributed by atoms with E-state index in [1.807, 2.05) is 0 Å². The molecule has 1 radical (unpaired) electrons. The summed E-state index contributed by atoms with van der Waals surface area (Å²) in [7, 11) is 0. The van der Waals surface area contributed by atoms with Crippen LogP contribution in [0.1, 0.15) is 53.4 Å². The maximum atomic E-state index is 6.29. The van der Waals surface area contributed by atoms with Crippen LogP contribution in [0, 0.1) is 17.8 Å². The van der Waals surface area contributed by atoms with Crippen molar-refractivity contribution in [2.45, 2.75) is 65.1 Å². The Labute approximate surface area is 88.2 Å². The van der Waals surface area contributed by atoms with E-state index < -0.39 is 0 Å². The third kappa shape index (κ3) is 1.32. The molecule has 14 heavy (non-hydrogen) atoms. The van der Waals surface area contributed by atoms with Gasteiger partial charge in [-0.25, -0.2) is 0 Å². The van der Waals surface area contributed by atoms with Gasteiger partial charge in [-0.15, -0.1) is 0 Å². The van der Waals surface area contributed by atoms with Gasteiger partial charge in [0.15, 0.2) is 0 Å². The summed E-state index contributed by atoms with van der Waals surface area (Å²) < 4.78 is 6.29. The molecule has 3 unspecified atom stereocenters. The molecule has 1 heterocycles. The van der Waals surface area contributed by atoms with Gasteiger partial charge < -0.3 is 4.74 Å². The van der Waals surface area contributed by atoms with Crippen LogP contribution in [0.4, 0.5) is 0 Å². The SMILES string of the molecule is CC1CCC2(O1)C(C)[CH]CCC2(C)C. The largest absolute Gasteiger partial charge is 0.371 e. The van der Waals surface area contributed by atoms with Gasteiger partial charge in [0.2, 0.25) is 0 Å². The second-order valence-corrected chi connectivity index (χ2v) is 5.80. The van der Waals surface area contributed by atoms with E-state index >= 15 is 0 Å². The normalized spacial score (nSPS) is 47.1. The minimum absolute atomic E-state index is 0.144. The van der Waals surface area contributed by atoms with Crippen molar-refractivity contribution in [2.75, 3.05) is 0 Å². The second kappa shape index (κ2) is 3.23. The Kier molecular flexibility index (Phi) is 2.42. The summed E-state index contributed by atoms with van der Waals surface area (Å²) in [5.41, 5.74) is 0.497. The zero-order valence-electron chi connectivity index (χ0n) is 9.97. The molecule has 0 aromatic carbocycles. The molecule has 1 nitrogen and oxygen atoms in total. The van der Waals surface area contributed by atoms with Gasteiger partial charge in [-0.2, -0.15) is 0 Å². The van der Waals surface area contributed by atoms with Gasteiger partial charge in [-0.05, 0) is 50.4 Å². The third-order valence-electron chi connectivity index (χ3n) is 4.50. The zero-order valence-corrected chi connectivity index (χ0v) is 9.97. The average molecular weight is 195 g/mol. The molecular weight excluding hydrogens is 172 g/mol. The van der Waals surface area contributed by atoms with Crippen molar-refractivity contribution in [1.29, 1.82) is 0 Å². The van der Waals surface area contributed by atoms with Gasteiger partial charge in [0, 0.05) is 0 Å². The topological polar surface area (TPSA) is 9.23 Å². The summed E-state index contributed by atoms with van der Waals surface area (Å²) in [6.45, 7) is 9.31. The minimum Gasteiger partial charge on any atom is -0.371 e. The second-order valence-electron chi connectivity index (χ2n) is 5.80. The van der Waals surface area contributed by atoms with E-state index in [0.717, 1.165) is 0 Å². The van der Waals surface area contributed by atoms with Crippen LogP contribution in [0.3, 0.4) is 0 Å². The van der Waals surface area contributed by atoms with E-state index in [9.17, 15) is 0 Å². The van der Waals surface area contributed by atoms with Crippen LogP contribution in [0.2, 0.25) is 0 Å². The fourth-order valence-corrected chi connectivity index (χ4v) is 3.44. The molecule has 1 saturated heterocycles. The predicted octanol–water partition coefficient (Wildman–Crippen LogP) is 3.58. The molecule has 0 bridgehead atoms. The summed E-state index contributed by atoms with van der Waals surface area (Å²) >= 11 is 0. The van der Waals surface area contributed by atoms with E-state index in [-0.39, 0.29) is 5.60 Å². The highest BCUT2D eigenvalue weighted by Crippen LogP contribution is 2.54. The molecule has 0 N–H and O–H groups in total. The van der Waals surface area contributed by atoms with Crippen LogP contribution >= 0.6 is 0 Å². The lowest BCUT2D eigenvalue weighted by molar-refractivity contribution is -0.150. The van der Waals surface area contributed by atoms with Crippen LogP contribution in [0.5, 0.6) is 0 Å². The van der Waals surface area contributed by atoms with Gasteiger partial charge in [-0.1, -0.05) is 20.8 Å². The number of hydrogen-bond acceptors (Lipinski definition) is 1. The van der Waals surface area contributed by atoms with Crippen LogP contribution in [0.25, 0.3) is 0 Å². The molecule has 1 heteroatoms. The first-order valence-electron chi connectivity index (χ1n) is 5.99. The molecule has 81 valence electrons. The third-order valence-corrected chi connectivity index (χ3v) is 4.50. The van der Waals surface area contributed by atoms with Gasteiger partial charge in [0.05, 0.1) is 11.7 Å². The summed E-state index contributed by atoms with van der Waals surface area (Å²) in [6.07, 6.45) is 7.95. The van der Waals surface area contributed by atoms with Crippen molar-refractivity contribution in [3.63, 3.8) is 0 Å². The maximum absolute atomic E-state index is 6.29.